The van der Waals surface area contributed by atoms with Crippen LogP contribution < -0.4 is 0 Å². The maximum atomic E-state index is 5.20. The number of thiophene rings is 1. The third-order valence-corrected chi connectivity index (χ3v) is 5.38. The summed E-state index contributed by atoms with van der Waals surface area (Å²) in [5.41, 5.74) is 0.262. The Hall–Kier alpha value is -1.20. The SMILES string of the molecule is COCCn1nc(C)nc1C1(c2cccs2)CC1(C)C. The molecule has 1 aliphatic carbocycles. The Balaban J connectivity index is 2.06. The molecule has 0 radical (unpaired) electrons. The molecule has 2 heterocycles. The maximum absolute atomic E-state index is 5.20. The summed E-state index contributed by atoms with van der Waals surface area (Å²) >= 11 is 1.82. The zero-order valence-electron chi connectivity index (χ0n) is 12.5. The average Bonchev–Trinajstić information content (AvgIpc) is 2.84. The lowest BCUT2D eigenvalue weighted by Crippen LogP contribution is -2.22. The zero-order valence-corrected chi connectivity index (χ0v) is 13.3. The smallest absolute Gasteiger partial charge is 0.147 e. The normalized spacial score (nSPS) is 24.0. The lowest BCUT2D eigenvalue weighted by molar-refractivity contribution is 0.181. The second kappa shape index (κ2) is 4.67. The number of nitrogens with zero attached hydrogens (tertiary/aromatic N) is 3. The van der Waals surface area contributed by atoms with E-state index in [1.807, 2.05) is 22.9 Å². The first-order chi connectivity index (χ1) is 9.51. The fourth-order valence-electron chi connectivity index (χ4n) is 3.16. The summed E-state index contributed by atoms with van der Waals surface area (Å²) < 4.78 is 7.23. The molecule has 0 saturated heterocycles. The van der Waals surface area contributed by atoms with Crippen molar-refractivity contribution in [3.63, 3.8) is 0 Å². The van der Waals surface area contributed by atoms with Crippen LogP contribution in [0, 0.1) is 12.3 Å². The Labute approximate surface area is 123 Å². The Bertz CT molecular complexity index is 603. The van der Waals surface area contributed by atoms with Gasteiger partial charge in [0, 0.05) is 12.0 Å². The maximum Gasteiger partial charge on any atom is 0.147 e. The largest absolute Gasteiger partial charge is 0.383 e. The Morgan fingerprint density at radius 1 is 1.45 bits per heavy atom. The molecule has 0 spiro atoms. The second-order valence-corrected chi connectivity index (χ2v) is 7.09. The van der Waals surface area contributed by atoms with E-state index in [2.05, 4.69) is 36.5 Å². The summed E-state index contributed by atoms with van der Waals surface area (Å²) in [6.07, 6.45) is 1.13. The Morgan fingerprint density at radius 3 is 2.75 bits per heavy atom. The van der Waals surface area contributed by atoms with Gasteiger partial charge in [0.05, 0.1) is 18.6 Å². The highest BCUT2D eigenvalue weighted by Crippen LogP contribution is 2.68. The molecule has 108 valence electrons. The molecule has 2 aromatic rings. The number of aryl methyl sites for hydroxylation is 1. The molecule has 5 heteroatoms. The van der Waals surface area contributed by atoms with E-state index in [1.165, 1.54) is 4.88 Å². The lowest BCUT2D eigenvalue weighted by Gasteiger charge is -2.19. The quantitative estimate of drug-likeness (QED) is 0.850. The van der Waals surface area contributed by atoms with Crippen molar-refractivity contribution in [2.24, 2.45) is 5.41 Å². The molecular formula is C15H21N3OS. The van der Waals surface area contributed by atoms with E-state index in [0.29, 0.717) is 6.61 Å². The summed E-state index contributed by atoms with van der Waals surface area (Å²) in [4.78, 5) is 6.15. The van der Waals surface area contributed by atoms with Crippen LogP contribution in [-0.4, -0.2) is 28.5 Å². The van der Waals surface area contributed by atoms with E-state index in [-0.39, 0.29) is 10.8 Å². The highest BCUT2D eigenvalue weighted by molar-refractivity contribution is 7.10. The fourth-order valence-corrected chi connectivity index (χ4v) is 4.26. The van der Waals surface area contributed by atoms with Crippen molar-refractivity contribution in [2.75, 3.05) is 13.7 Å². The van der Waals surface area contributed by atoms with Crippen LogP contribution in [0.1, 0.15) is 36.8 Å². The number of hydrogen-bond acceptors (Lipinski definition) is 4. The monoisotopic (exact) mass is 291 g/mol. The summed E-state index contributed by atoms with van der Waals surface area (Å²) in [6, 6.07) is 4.35. The average molecular weight is 291 g/mol. The molecule has 1 unspecified atom stereocenters. The van der Waals surface area contributed by atoms with Crippen LogP contribution in [0.5, 0.6) is 0 Å². The number of aromatic nitrogens is 3. The van der Waals surface area contributed by atoms with Crippen molar-refractivity contribution >= 4 is 11.3 Å². The molecular weight excluding hydrogens is 270 g/mol. The molecule has 0 amide bonds. The molecule has 2 aromatic heterocycles. The number of rotatable bonds is 5. The van der Waals surface area contributed by atoms with Crippen LogP contribution >= 0.6 is 11.3 Å². The predicted octanol–water partition coefficient (Wildman–Crippen LogP) is 3.01. The topological polar surface area (TPSA) is 39.9 Å². The summed E-state index contributed by atoms with van der Waals surface area (Å²) in [6.45, 7) is 8.02. The third-order valence-electron chi connectivity index (χ3n) is 4.35. The molecule has 0 bridgehead atoms. The van der Waals surface area contributed by atoms with Crippen molar-refractivity contribution in [3.05, 3.63) is 34.0 Å². The van der Waals surface area contributed by atoms with Gasteiger partial charge in [0.15, 0.2) is 0 Å². The van der Waals surface area contributed by atoms with Gasteiger partial charge < -0.3 is 4.74 Å². The van der Waals surface area contributed by atoms with E-state index < -0.39 is 0 Å². The van der Waals surface area contributed by atoms with Crippen LogP contribution in [0.4, 0.5) is 0 Å². The Kier molecular flexibility index (Phi) is 3.21. The molecule has 0 aliphatic heterocycles. The van der Waals surface area contributed by atoms with Gasteiger partial charge in [-0.1, -0.05) is 19.9 Å². The van der Waals surface area contributed by atoms with E-state index in [0.717, 1.165) is 24.6 Å². The van der Waals surface area contributed by atoms with Crippen molar-refractivity contribution in [1.29, 1.82) is 0 Å². The second-order valence-electron chi connectivity index (χ2n) is 6.14. The van der Waals surface area contributed by atoms with Crippen LogP contribution in [0.3, 0.4) is 0 Å². The van der Waals surface area contributed by atoms with Crippen LogP contribution in [0.15, 0.2) is 17.5 Å². The molecule has 0 aromatic carbocycles. The first kappa shape index (κ1) is 13.8. The van der Waals surface area contributed by atoms with Crippen LogP contribution in [0.2, 0.25) is 0 Å². The molecule has 0 N–H and O–H groups in total. The number of methoxy groups -OCH3 is 1. The van der Waals surface area contributed by atoms with E-state index in [1.54, 1.807) is 7.11 Å². The first-order valence-corrected chi connectivity index (χ1v) is 7.84. The minimum atomic E-state index is 0.0240. The van der Waals surface area contributed by atoms with Gasteiger partial charge in [-0.25, -0.2) is 9.67 Å². The van der Waals surface area contributed by atoms with Crippen LogP contribution in [0.25, 0.3) is 0 Å². The zero-order chi connectivity index (χ0) is 14.4. The number of ether oxygens (including phenoxy) is 1. The molecule has 1 saturated carbocycles. The van der Waals surface area contributed by atoms with Crippen molar-refractivity contribution in [1.82, 2.24) is 14.8 Å². The summed E-state index contributed by atoms with van der Waals surface area (Å²) in [7, 11) is 1.72. The van der Waals surface area contributed by atoms with Gasteiger partial charge in [-0.3, -0.25) is 0 Å². The van der Waals surface area contributed by atoms with Gasteiger partial charge in [0.2, 0.25) is 0 Å². The standard InChI is InChI=1S/C15H21N3OS/c1-11-16-13(18(17-11)7-8-19-4)15(10-14(15,2)3)12-6-5-9-20-12/h5-6,9H,7-8,10H2,1-4H3. The minimum absolute atomic E-state index is 0.0240. The molecule has 4 nitrogen and oxygen atoms in total. The van der Waals surface area contributed by atoms with Gasteiger partial charge in [-0.15, -0.1) is 11.3 Å². The molecule has 1 aliphatic rings. The fraction of sp³-hybridized carbons (Fsp3) is 0.600. The van der Waals surface area contributed by atoms with Gasteiger partial charge >= 0.3 is 0 Å². The van der Waals surface area contributed by atoms with E-state index >= 15 is 0 Å². The first-order valence-electron chi connectivity index (χ1n) is 6.96. The highest BCUT2D eigenvalue weighted by atomic mass is 32.1. The van der Waals surface area contributed by atoms with Crippen molar-refractivity contribution in [2.45, 2.75) is 39.2 Å². The molecule has 1 fully saturated rings. The summed E-state index contributed by atoms with van der Waals surface area (Å²) in [5.74, 6) is 1.94. The third kappa shape index (κ3) is 1.91. The predicted molar refractivity (Wildman–Crippen MR) is 80.1 cm³/mol. The van der Waals surface area contributed by atoms with Crippen LogP contribution in [-0.2, 0) is 16.7 Å². The van der Waals surface area contributed by atoms with Crippen molar-refractivity contribution in [3.8, 4) is 0 Å². The van der Waals surface area contributed by atoms with E-state index in [9.17, 15) is 0 Å². The molecule has 3 rings (SSSR count). The van der Waals surface area contributed by atoms with E-state index in [4.69, 9.17) is 9.72 Å². The highest BCUT2D eigenvalue weighted by Gasteiger charge is 2.66. The van der Waals surface area contributed by atoms with Gasteiger partial charge in [0.1, 0.15) is 11.6 Å². The van der Waals surface area contributed by atoms with Gasteiger partial charge in [-0.2, -0.15) is 5.10 Å². The van der Waals surface area contributed by atoms with Gasteiger partial charge in [-0.05, 0) is 30.2 Å². The molecule has 20 heavy (non-hydrogen) atoms. The molecule has 1 atom stereocenters. The number of hydrogen-bond donors (Lipinski definition) is 0. The minimum Gasteiger partial charge on any atom is -0.383 e. The van der Waals surface area contributed by atoms with Crippen molar-refractivity contribution < 1.29 is 4.74 Å². The lowest BCUT2D eigenvalue weighted by atomic mass is 9.93. The summed E-state index contributed by atoms with van der Waals surface area (Å²) in [5, 5.41) is 6.71. The van der Waals surface area contributed by atoms with Gasteiger partial charge in [0.25, 0.3) is 0 Å². The Morgan fingerprint density at radius 2 is 2.20 bits per heavy atom.